The lowest BCUT2D eigenvalue weighted by atomic mass is 10.1. The van der Waals surface area contributed by atoms with Crippen molar-refractivity contribution in [3.8, 4) is 0 Å². The minimum absolute atomic E-state index is 0.124. The number of fused-ring (bicyclic) bond motifs is 2. The van der Waals surface area contributed by atoms with Crippen LogP contribution in [0.2, 0.25) is 0 Å². The molecule has 0 saturated heterocycles. The maximum Gasteiger partial charge on any atom is 0.257 e. The van der Waals surface area contributed by atoms with E-state index < -0.39 is 0 Å². The molecule has 0 atom stereocenters. The molecule has 0 aliphatic heterocycles. The number of ketones is 1. The van der Waals surface area contributed by atoms with Crippen molar-refractivity contribution >= 4 is 39.5 Å². The Kier molecular flexibility index (Phi) is 4.70. The standard InChI is InChI=1S/C23H18N6O3/c1-13(2)29-11-19(18-10-25-12-27-21(18)29)20(30)15-6-17(9-24-7-15)28-22(31)16-5-14-3-4-32-23(14)26-8-16/h3-13H,1-2H3,(H,28,31). The van der Waals surface area contributed by atoms with Gasteiger partial charge in [-0.3, -0.25) is 14.6 Å². The molecule has 0 aromatic carbocycles. The van der Waals surface area contributed by atoms with E-state index >= 15 is 0 Å². The van der Waals surface area contributed by atoms with Crippen LogP contribution in [0, 0.1) is 0 Å². The average Bonchev–Trinajstić information content (AvgIpc) is 3.43. The molecule has 0 saturated carbocycles. The van der Waals surface area contributed by atoms with Crippen LogP contribution in [-0.4, -0.2) is 36.2 Å². The molecule has 1 amide bonds. The number of amides is 1. The van der Waals surface area contributed by atoms with Crippen LogP contribution >= 0.6 is 0 Å². The Balaban J connectivity index is 1.44. The zero-order valence-electron chi connectivity index (χ0n) is 17.3. The minimum Gasteiger partial charge on any atom is -0.446 e. The normalized spacial score (nSPS) is 11.3. The molecule has 9 heteroatoms. The summed E-state index contributed by atoms with van der Waals surface area (Å²) in [6.07, 6.45) is 10.8. The Morgan fingerprint density at radius 2 is 1.91 bits per heavy atom. The molecule has 0 spiro atoms. The van der Waals surface area contributed by atoms with Gasteiger partial charge in [0.25, 0.3) is 5.91 Å². The number of anilines is 1. The monoisotopic (exact) mass is 426 g/mol. The third-order valence-electron chi connectivity index (χ3n) is 5.12. The number of furan rings is 1. The Labute approximate surface area is 182 Å². The van der Waals surface area contributed by atoms with Crippen molar-refractivity contribution < 1.29 is 14.0 Å². The van der Waals surface area contributed by atoms with E-state index in [2.05, 4.69) is 25.3 Å². The van der Waals surface area contributed by atoms with Crippen LogP contribution in [0.4, 0.5) is 5.69 Å². The number of aromatic nitrogens is 5. The molecule has 0 aliphatic rings. The second-order valence-corrected chi connectivity index (χ2v) is 7.59. The van der Waals surface area contributed by atoms with E-state index in [1.807, 2.05) is 18.4 Å². The fourth-order valence-electron chi connectivity index (χ4n) is 3.54. The van der Waals surface area contributed by atoms with Gasteiger partial charge in [0.1, 0.15) is 12.0 Å². The molecular formula is C23H18N6O3. The second-order valence-electron chi connectivity index (χ2n) is 7.59. The van der Waals surface area contributed by atoms with Crippen LogP contribution < -0.4 is 5.32 Å². The summed E-state index contributed by atoms with van der Waals surface area (Å²) >= 11 is 0. The van der Waals surface area contributed by atoms with Crippen molar-refractivity contribution in [3.63, 3.8) is 0 Å². The van der Waals surface area contributed by atoms with E-state index in [0.717, 1.165) is 5.39 Å². The van der Waals surface area contributed by atoms with Gasteiger partial charge in [-0.25, -0.2) is 15.0 Å². The zero-order chi connectivity index (χ0) is 22.2. The van der Waals surface area contributed by atoms with Crippen LogP contribution in [0.25, 0.3) is 22.1 Å². The maximum atomic E-state index is 13.3. The molecule has 5 rings (SSSR count). The molecule has 9 nitrogen and oxygen atoms in total. The van der Waals surface area contributed by atoms with Gasteiger partial charge in [-0.2, -0.15) is 0 Å². The van der Waals surface area contributed by atoms with Gasteiger partial charge in [0.2, 0.25) is 5.71 Å². The first kappa shape index (κ1) is 19.6. The fourth-order valence-corrected chi connectivity index (χ4v) is 3.54. The van der Waals surface area contributed by atoms with Crippen LogP contribution in [0.1, 0.15) is 46.2 Å². The van der Waals surface area contributed by atoms with Crippen molar-refractivity contribution in [1.29, 1.82) is 0 Å². The summed E-state index contributed by atoms with van der Waals surface area (Å²) in [5, 5.41) is 4.16. The topological polar surface area (TPSA) is 116 Å². The van der Waals surface area contributed by atoms with Gasteiger partial charge in [0.15, 0.2) is 5.78 Å². The van der Waals surface area contributed by atoms with Crippen molar-refractivity contribution in [2.45, 2.75) is 19.9 Å². The van der Waals surface area contributed by atoms with Gasteiger partial charge in [0.05, 0.1) is 29.3 Å². The SMILES string of the molecule is CC(C)n1cc(C(=O)c2cncc(NC(=O)c3cnc4occc4c3)c2)c2cncnc21. The van der Waals surface area contributed by atoms with Crippen molar-refractivity contribution in [1.82, 2.24) is 24.5 Å². The van der Waals surface area contributed by atoms with E-state index in [-0.39, 0.29) is 17.7 Å². The fraction of sp³-hybridized carbons (Fsp3) is 0.130. The number of carbonyl (C=O) groups is 2. The molecule has 0 bridgehead atoms. The van der Waals surface area contributed by atoms with Gasteiger partial charge in [-0.1, -0.05) is 0 Å². The van der Waals surface area contributed by atoms with Gasteiger partial charge >= 0.3 is 0 Å². The summed E-state index contributed by atoms with van der Waals surface area (Å²) in [6, 6.07) is 5.14. The number of pyridine rings is 2. The molecule has 5 aromatic rings. The predicted octanol–water partition coefficient (Wildman–Crippen LogP) is 4.03. The van der Waals surface area contributed by atoms with Crippen LogP contribution in [0.5, 0.6) is 0 Å². The lowest BCUT2D eigenvalue weighted by Crippen LogP contribution is -2.13. The number of nitrogens with one attached hydrogen (secondary N) is 1. The Hall–Kier alpha value is -4.40. The summed E-state index contributed by atoms with van der Waals surface area (Å²) in [4.78, 5) is 42.6. The first-order valence-electron chi connectivity index (χ1n) is 9.96. The van der Waals surface area contributed by atoms with Crippen LogP contribution in [0.15, 0.2) is 66.2 Å². The quantitative estimate of drug-likeness (QED) is 0.422. The molecule has 5 heterocycles. The van der Waals surface area contributed by atoms with Crippen molar-refractivity contribution in [2.24, 2.45) is 0 Å². The Morgan fingerprint density at radius 3 is 2.75 bits per heavy atom. The molecule has 5 aromatic heterocycles. The van der Waals surface area contributed by atoms with E-state index in [1.165, 1.54) is 31.2 Å². The van der Waals surface area contributed by atoms with Crippen molar-refractivity contribution in [2.75, 3.05) is 5.32 Å². The number of nitrogens with zero attached hydrogens (tertiary/aromatic N) is 5. The summed E-state index contributed by atoms with van der Waals surface area (Å²) in [6.45, 7) is 4.03. The lowest BCUT2D eigenvalue weighted by molar-refractivity contribution is 0.102. The van der Waals surface area contributed by atoms with E-state index in [9.17, 15) is 9.59 Å². The molecule has 32 heavy (non-hydrogen) atoms. The van der Waals surface area contributed by atoms with Crippen LogP contribution in [0.3, 0.4) is 0 Å². The van der Waals surface area contributed by atoms with Gasteiger partial charge in [-0.15, -0.1) is 0 Å². The van der Waals surface area contributed by atoms with Gasteiger partial charge in [-0.05, 0) is 32.0 Å². The predicted molar refractivity (Wildman–Crippen MR) is 118 cm³/mol. The molecule has 0 unspecified atom stereocenters. The Bertz CT molecular complexity index is 1480. The summed E-state index contributed by atoms with van der Waals surface area (Å²) in [7, 11) is 0. The molecule has 158 valence electrons. The van der Waals surface area contributed by atoms with Gasteiger partial charge < -0.3 is 14.3 Å². The third kappa shape index (κ3) is 3.39. The molecule has 1 N–H and O–H groups in total. The summed E-state index contributed by atoms with van der Waals surface area (Å²) in [5.41, 5.74) is 2.75. The number of hydrogen-bond donors (Lipinski definition) is 1. The molecular weight excluding hydrogens is 408 g/mol. The van der Waals surface area contributed by atoms with Crippen LogP contribution in [-0.2, 0) is 0 Å². The second kappa shape index (κ2) is 7.69. The minimum atomic E-state index is -0.364. The maximum absolute atomic E-state index is 13.3. The zero-order valence-corrected chi connectivity index (χ0v) is 17.3. The highest BCUT2D eigenvalue weighted by Crippen LogP contribution is 2.25. The Morgan fingerprint density at radius 1 is 1.03 bits per heavy atom. The smallest absolute Gasteiger partial charge is 0.257 e. The van der Waals surface area contributed by atoms with E-state index in [0.29, 0.717) is 39.1 Å². The van der Waals surface area contributed by atoms with Crippen molar-refractivity contribution in [3.05, 3.63) is 78.5 Å². The molecule has 0 radical (unpaired) electrons. The highest BCUT2D eigenvalue weighted by Gasteiger charge is 2.20. The average molecular weight is 426 g/mol. The summed E-state index contributed by atoms with van der Waals surface area (Å²) < 4.78 is 7.13. The highest BCUT2D eigenvalue weighted by molar-refractivity contribution is 6.16. The third-order valence-corrected chi connectivity index (χ3v) is 5.12. The number of carbonyl (C=O) groups excluding carboxylic acids is 2. The van der Waals surface area contributed by atoms with E-state index in [1.54, 1.807) is 30.6 Å². The van der Waals surface area contributed by atoms with E-state index in [4.69, 9.17) is 4.42 Å². The first-order valence-corrected chi connectivity index (χ1v) is 9.96. The lowest BCUT2D eigenvalue weighted by Gasteiger charge is -2.07. The van der Waals surface area contributed by atoms with Gasteiger partial charge in [0, 0.05) is 47.2 Å². The summed E-state index contributed by atoms with van der Waals surface area (Å²) in [5.74, 6) is -0.592. The molecule has 0 aliphatic carbocycles. The highest BCUT2D eigenvalue weighted by atomic mass is 16.3. The first-order chi connectivity index (χ1) is 15.5. The number of rotatable bonds is 5. The molecule has 0 fully saturated rings. The number of hydrogen-bond acceptors (Lipinski definition) is 7. The largest absolute Gasteiger partial charge is 0.446 e.